The lowest BCUT2D eigenvalue weighted by molar-refractivity contribution is -0.126. The number of aromatic nitrogens is 3. The molecule has 7 heterocycles. The van der Waals surface area contributed by atoms with Crippen molar-refractivity contribution in [2.24, 2.45) is 16.7 Å². The van der Waals surface area contributed by atoms with E-state index in [2.05, 4.69) is 43.7 Å². The number of phenolic OH excluding ortho intramolecular Hbond substituents is 1. The number of carbonyl (C=O) groups is 2. The molecule has 0 unspecified atom stereocenters. The Morgan fingerprint density at radius 1 is 0.904 bits per heavy atom. The molecule has 0 radical (unpaired) electrons. The Kier molecular flexibility index (Phi) is 12.1. The summed E-state index contributed by atoms with van der Waals surface area (Å²) in [5.41, 5.74) is 3.69. The number of pyridine rings is 1. The van der Waals surface area contributed by atoms with Crippen LogP contribution in [0.3, 0.4) is 0 Å². The monoisotopic (exact) mass is 996 g/mol. The number of carbonyl (C=O) groups excluding carboxylic acids is 2. The van der Waals surface area contributed by atoms with E-state index in [1.54, 1.807) is 30.2 Å². The largest absolute Gasteiger partial charge is 0.508 e. The highest BCUT2D eigenvalue weighted by molar-refractivity contribution is 6.03. The van der Waals surface area contributed by atoms with E-state index in [1.165, 1.54) is 37.8 Å². The Balaban J connectivity index is 0.660. The van der Waals surface area contributed by atoms with Gasteiger partial charge >= 0.3 is 6.01 Å². The average molecular weight is 996 g/mol. The number of anilines is 2. The maximum atomic E-state index is 17.2. The van der Waals surface area contributed by atoms with Gasteiger partial charge in [0.2, 0.25) is 5.91 Å². The SMILES string of the molecule is C=C1CC[C@H](N2Cc3cc(N4CCN(CC5CC6(CCN(CC7(COc8nc(N9CCC[C@@](C)(O)C9)c9cnc(-c%10cc(O)cc%11ccc(F)c(CC)c%10%11)c(F)c9n8)CC7)CC6)C5)CC4)ccc3C2=O)C(=O)N1. The minimum atomic E-state index is -0.958. The number of aryl methyl sites for hydroxylation is 1. The van der Waals surface area contributed by atoms with E-state index in [9.17, 15) is 19.8 Å². The zero-order chi connectivity index (χ0) is 50.4. The summed E-state index contributed by atoms with van der Waals surface area (Å²) in [4.78, 5) is 51.6. The standard InChI is InChI=1S/C57H67F2N9O5/c1-4-41-45(58)10-7-37-25-40(69)26-43(47(37)41)49-48(59)50-44(29-60-49)51(67-17-5-12-55(3,72)32-67)63-54(62-50)73-34-57(13-14-57)33-65-18-15-56(16-19-65)27-36(28-56)30-64-20-22-66(23-21-64)39-8-9-42-38(24-39)31-68(53(42)71)46-11-6-35(2)61-52(46)70/h7-10,24-26,29,36,46,69,72H,2,4-6,11-23,27-28,30-34H2,1,3H3,(H,61,70)/t46-,55+/m0/s1. The predicted octanol–water partition coefficient (Wildman–Crippen LogP) is 7.96. The number of aliphatic hydroxyl groups is 1. The van der Waals surface area contributed by atoms with Crippen LogP contribution in [0.25, 0.3) is 32.9 Å². The number of fused-ring (bicyclic) bond motifs is 3. The van der Waals surface area contributed by atoms with E-state index < -0.39 is 23.3 Å². The number of ether oxygens (including phenoxy) is 1. The molecule has 2 aliphatic carbocycles. The predicted molar refractivity (Wildman–Crippen MR) is 277 cm³/mol. The first-order chi connectivity index (χ1) is 35.1. The van der Waals surface area contributed by atoms with E-state index in [-0.39, 0.29) is 45.8 Å². The molecule has 0 bridgehead atoms. The molecule has 2 atom stereocenters. The van der Waals surface area contributed by atoms with Crippen LogP contribution in [0.4, 0.5) is 20.3 Å². The van der Waals surface area contributed by atoms with Crippen molar-refractivity contribution < 1.29 is 33.3 Å². The van der Waals surface area contributed by atoms with Gasteiger partial charge in [-0.15, -0.1) is 0 Å². The average Bonchev–Trinajstić information content (AvgIpc) is 4.06. The molecule has 384 valence electrons. The van der Waals surface area contributed by atoms with Gasteiger partial charge in [0.1, 0.15) is 34.6 Å². The number of hydrogen-bond donors (Lipinski definition) is 3. The fraction of sp³-hybridized carbons (Fsp3) is 0.526. The van der Waals surface area contributed by atoms with Crippen LogP contribution in [-0.2, 0) is 17.8 Å². The summed E-state index contributed by atoms with van der Waals surface area (Å²) in [5.74, 6) is -0.216. The number of piperazine rings is 1. The third-order valence-electron chi connectivity index (χ3n) is 17.6. The molecule has 2 saturated carbocycles. The summed E-state index contributed by atoms with van der Waals surface area (Å²) < 4.78 is 38.9. The number of aromatic hydroxyl groups is 1. The molecule has 73 heavy (non-hydrogen) atoms. The number of halogens is 2. The van der Waals surface area contributed by atoms with Gasteiger partial charge in [-0.25, -0.2) is 8.78 Å². The van der Waals surface area contributed by atoms with Gasteiger partial charge in [-0.2, -0.15) is 9.97 Å². The van der Waals surface area contributed by atoms with Crippen LogP contribution < -0.4 is 19.9 Å². The first kappa shape index (κ1) is 48.0. The minimum absolute atomic E-state index is 0.0244. The molecule has 12 rings (SSSR count). The minimum Gasteiger partial charge on any atom is -0.508 e. The van der Waals surface area contributed by atoms with E-state index in [4.69, 9.17) is 14.7 Å². The second-order valence-electron chi connectivity index (χ2n) is 23.1. The van der Waals surface area contributed by atoms with Gasteiger partial charge in [0, 0.05) is 93.0 Å². The molecule has 6 fully saturated rings. The molecule has 7 aliphatic rings. The highest BCUT2D eigenvalue weighted by Crippen LogP contribution is 2.54. The molecule has 1 spiro atoms. The molecule has 5 aliphatic heterocycles. The van der Waals surface area contributed by atoms with Crippen LogP contribution in [-0.4, -0.2) is 135 Å². The number of nitrogens with one attached hydrogen (secondary N) is 1. The van der Waals surface area contributed by atoms with Crippen LogP contribution >= 0.6 is 0 Å². The lowest BCUT2D eigenvalue weighted by Crippen LogP contribution is -2.53. The summed E-state index contributed by atoms with van der Waals surface area (Å²) in [6.07, 6.45) is 11.6. The Morgan fingerprint density at radius 2 is 1.70 bits per heavy atom. The van der Waals surface area contributed by atoms with Crippen molar-refractivity contribution in [1.82, 2.24) is 35.0 Å². The number of hydrogen-bond acceptors (Lipinski definition) is 12. The van der Waals surface area contributed by atoms with Crippen molar-refractivity contribution >= 4 is 45.0 Å². The normalized spacial score (nSPS) is 24.4. The molecule has 3 aromatic carbocycles. The van der Waals surface area contributed by atoms with Gasteiger partial charge in [0.25, 0.3) is 5.91 Å². The highest BCUT2D eigenvalue weighted by atomic mass is 19.1. The Hall–Kier alpha value is -5.97. The van der Waals surface area contributed by atoms with Crippen molar-refractivity contribution in [1.29, 1.82) is 0 Å². The van der Waals surface area contributed by atoms with Crippen LogP contribution in [0.2, 0.25) is 0 Å². The van der Waals surface area contributed by atoms with Crippen molar-refractivity contribution in [3.8, 4) is 23.0 Å². The van der Waals surface area contributed by atoms with Gasteiger partial charge in [-0.1, -0.05) is 19.6 Å². The fourth-order valence-corrected chi connectivity index (χ4v) is 13.4. The maximum absolute atomic E-state index is 17.2. The van der Waals surface area contributed by atoms with Gasteiger partial charge in [-0.05, 0) is 160 Å². The molecular weight excluding hydrogens is 929 g/mol. The number of rotatable bonds is 12. The zero-order valence-electron chi connectivity index (χ0n) is 42.2. The number of allylic oxidation sites excluding steroid dienone is 1. The molecule has 2 amide bonds. The van der Waals surface area contributed by atoms with Gasteiger partial charge in [-0.3, -0.25) is 19.5 Å². The van der Waals surface area contributed by atoms with E-state index in [1.807, 2.05) is 17.9 Å². The first-order valence-electron chi connectivity index (χ1n) is 26.7. The smallest absolute Gasteiger partial charge is 0.319 e. The highest BCUT2D eigenvalue weighted by Gasteiger charge is 2.50. The molecule has 4 saturated heterocycles. The summed E-state index contributed by atoms with van der Waals surface area (Å²) >= 11 is 0. The van der Waals surface area contributed by atoms with Crippen LogP contribution in [0.15, 0.2) is 60.9 Å². The number of nitrogens with zero attached hydrogens (tertiary/aromatic N) is 8. The Bertz CT molecular complexity index is 3030. The van der Waals surface area contributed by atoms with Crippen molar-refractivity contribution in [2.45, 2.75) is 103 Å². The van der Waals surface area contributed by atoms with Crippen molar-refractivity contribution in [3.63, 3.8) is 0 Å². The second-order valence-corrected chi connectivity index (χ2v) is 23.1. The van der Waals surface area contributed by atoms with Crippen LogP contribution in [0, 0.1) is 28.4 Å². The molecule has 16 heteroatoms. The Morgan fingerprint density at radius 3 is 2.44 bits per heavy atom. The Labute approximate surface area is 425 Å². The lowest BCUT2D eigenvalue weighted by atomic mass is 9.57. The molecule has 5 aromatic rings. The number of benzene rings is 3. The van der Waals surface area contributed by atoms with E-state index in [0.717, 1.165) is 94.5 Å². The number of likely N-dealkylation sites (tertiary alicyclic amines) is 1. The third-order valence-corrected chi connectivity index (χ3v) is 17.6. The molecule has 2 aromatic heterocycles. The number of amides is 2. The zero-order valence-corrected chi connectivity index (χ0v) is 42.2. The van der Waals surface area contributed by atoms with Gasteiger partial charge in [0.15, 0.2) is 5.82 Å². The number of β-amino-alcohol motifs (C(OH)–C–C–N with tert-alkyl or cyclic N) is 1. The number of phenols is 1. The van der Waals surface area contributed by atoms with Gasteiger partial charge < -0.3 is 39.9 Å². The quantitative estimate of drug-likeness (QED) is 0.111. The molecular formula is C57H67F2N9O5. The van der Waals surface area contributed by atoms with Crippen LogP contribution in [0.5, 0.6) is 11.8 Å². The van der Waals surface area contributed by atoms with Crippen LogP contribution in [0.1, 0.15) is 99.5 Å². The van der Waals surface area contributed by atoms with E-state index in [0.29, 0.717) is 90.4 Å². The summed E-state index contributed by atoms with van der Waals surface area (Å²) in [6, 6.07) is 11.7. The molecule has 14 nitrogen and oxygen atoms in total. The lowest BCUT2D eigenvalue weighted by Gasteiger charge is -2.54. The second kappa shape index (κ2) is 18.4. The fourth-order valence-electron chi connectivity index (χ4n) is 13.4. The third kappa shape index (κ3) is 9.15. The summed E-state index contributed by atoms with van der Waals surface area (Å²) in [5, 5.41) is 26.2. The maximum Gasteiger partial charge on any atom is 0.319 e. The summed E-state index contributed by atoms with van der Waals surface area (Å²) in [7, 11) is 0. The molecule has 3 N–H and O–H groups in total. The van der Waals surface area contributed by atoms with E-state index >= 15 is 8.78 Å². The summed E-state index contributed by atoms with van der Waals surface area (Å²) in [6.45, 7) is 17.5. The van der Waals surface area contributed by atoms with Crippen molar-refractivity contribution in [3.05, 3.63) is 89.3 Å². The first-order valence-corrected chi connectivity index (χ1v) is 26.7. The number of piperidine rings is 3. The topological polar surface area (TPSA) is 151 Å². The van der Waals surface area contributed by atoms with Crippen molar-refractivity contribution in [2.75, 3.05) is 81.9 Å². The van der Waals surface area contributed by atoms with Gasteiger partial charge in [0.05, 0.1) is 17.6 Å².